The van der Waals surface area contributed by atoms with E-state index in [0.717, 1.165) is 16.2 Å². The Bertz CT molecular complexity index is 1220. The fourth-order valence-electron chi connectivity index (χ4n) is 3.91. The Hall–Kier alpha value is -3.40. The predicted molar refractivity (Wildman–Crippen MR) is 142 cm³/mol. The molecule has 0 radical (unpaired) electrons. The van der Waals surface area contributed by atoms with Crippen LogP contribution < -0.4 is 10.1 Å². The minimum Gasteiger partial charge on any atom is -0.495 e. The van der Waals surface area contributed by atoms with E-state index in [9.17, 15) is 9.59 Å². The zero-order valence-corrected chi connectivity index (χ0v) is 21.6. The van der Waals surface area contributed by atoms with E-state index >= 15 is 0 Å². The molecule has 0 spiro atoms. The first-order valence-corrected chi connectivity index (χ1v) is 12.6. The molecular formula is C26H27ClN4O4S. The Morgan fingerprint density at radius 1 is 1.14 bits per heavy atom. The number of amides is 3. The Morgan fingerprint density at radius 3 is 2.61 bits per heavy atom. The quantitative estimate of drug-likeness (QED) is 0.412. The molecule has 4 rings (SSSR count). The van der Waals surface area contributed by atoms with Crippen molar-refractivity contribution >= 4 is 46.3 Å². The second-order valence-corrected chi connectivity index (χ2v) is 9.46. The minimum absolute atomic E-state index is 0.171. The third-order valence-electron chi connectivity index (χ3n) is 5.75. The van der Waals surface area contributed by atoms with Gasteiger partial charge in [-0.1, -0.05) is 41.9 Å². The van der Waals surface area contributed by atoms with E-state index < -0.39 is 6.03 Å². The highest BCUT2D eigenvalue weighted by Gasteiger charge is 2.34. The molecule has 0 saturated heterocycles. The van der Waals surface area contributed by atoms with Crippen molar-refractivity contribution in [2.45, 2.75) is 12.5 Å². The number of halogens is 1. The number of urea groups is 1. The second kappa shape index (κ2) is 12.0. The molecule has 2 aromatic carbocycles. The summed E-state index contributed by atoms with van der Waals surface area (Å²) in [5.41, 5.74) is 2.27. The molecule has 1 aromatic heterocycles. The minimum atomic E-state index is -0.436. The standard InChI is InChI=1S/C26H27ClN4O4S/c1-34-14-13-30(26(33)28-20-6-3-4-7-23(20)35-2)17-25(32)31-22(18-9-11-19(27)12-10-18)16-21(29-31)24-8-5-15-36-24/h3-12,15,22H,13-14,16-17H2,1-2H3,(H,28,33)/t22-/m1/s1. The number of thiophene rings is 1. The molecule has 1 atom stereocenters. The molecule has 1 N–H and O–H groups in total. The van der Waals surface area contributed by atoms with Crippen LogP contribution in [0.4, 0.5) is 10.5 Å². The first-order valence-electron chi connectivity index (χ1n) is 11.4. The number of hydrazone groups is 1. The number of rotatable bonds is 9. The number of para-hydroxylation sites is 2. The van der Waals surface area contributed by atoms with Gasteiger partial charge in [-0.3, -0.25) is 4.79 Å². The van der Waals surface area contributed by atoms with E-state index in [1.165, 1.54) is 17.0 Å². The van der Waals surface area contributed by atoms with E-state index in [-0.39, 0.29) is 31.6 Å². The third-order valence-corrected chi connectivity index (χ3v) is 6.92. The summed E-state index contributed by atoms with van der Waals surface area (Å²) in [6, 6.07) is 17.7. The molecule has 10 heteroatoms. The number of anilines is 1. The first kappa shape index (κ1) is 25.7. The number of hydrogen-bond donors (Lipinski definition) is 1. The monoisotopic (exact) mass is 526 g/mol. The van der Waals surface area contributed by atoms with Gasteiger partial charge in [0.1, 0.15) is 12.3 Å². The number of carbonyl (C=O) groups excluding carboxylic acids is 2. The van der Waals surface area contributed by atoms with Gasteiger partial charge in [0.05, 0.1) is 36.0 Å². The molecule has 3 amide bonds. The summed E-state index contributed by atoms with van der Waals surface area (Å²) in [6.07, 6.45) is 0.569. The van der Waals surface area contributed by atoms with E-state index in [1.807, 2.05) is 35.7 Å². The van der Waals surface area contributed by atoms with Crippen LogP contribution in [0.1, 0.15) is 22.9 Å². The highest BCUT2D eigenvalue weighted by Crippen LogP contribution is 2.34. The zero-order valence-electron chi connectivity index (χ0n) is 20.0. The maximum Gasteiger partial charge on any atom is 0.322 e. The highest BCUT2D eigenvalue weighted by molar-refractivity contribution is 7.12. The number of nitrogens with zero attached hydrogens (tertiary/aromatic N) is 3. The summed E-state index contributed by atoms with van der Waals surface area (Å²) in [7, 11) is 3.08. The Morgan fingerprint density at radius 2 is 1.92 bits per heavy atom. The molecule has 0 bridgehead atoms. The maximum absolute atomic E-state index is 13.6. The fraction of sp³-hybridized carbons (Fsp3) is 0.269. The summed E-state index contributed by atoms with van der Waals surface area (Å²) in [4.78, 5) is 29.2. The van der Waals surface area contributed by atoms with Crippen molar-refractivity contribution in [1.82, 2.24) is 9.91 Å². The van der Waals surface area contributed by atoms with Crippen molar-refractivity contribution < 1.29 is 19.1 Å². The van der Waals surface area contributed by atoms with Crippen molar-refractivity contribution in [1.29, 1.82) is 0 Å². The topological polar surface area (TPSA) is 83.5 Å². The lowest BCUT2D eigenvalue weighted by molar-refractivity contribution is -0.133. The largest absolute Gasteiger partial charge is 0.495 e. The van der Waals surface area contributed by atoms with Crippen LogP contribution in [0.25, 0.3) is 0 Å². The van der Waals surface area contributed by atoms with Crippen molar-refractivity contribution in [3.8, 4) is 5.75 Å². The average molecular weight is 527 g/mol. The van der Waals surface area contributed by atoms with Gasteiger partial charge in [0.2, 0.25) is 0 Å². The molecule has 1 aliphatic heterocycles. The van der Waals surface area contributed by atoms with E-state index in [0.29, 0.717) is 22.9 Å². The number of nitrogens with one attached hydrogen (secondary N) is 1. The summed E-state index contributed by atoms with van der Waals surface area (Å²) >= 11 is 7.66. The Balaban J connectivity index is 1.56. The maximum atomic E-state index is 13.6. The lowest BCUT2D eigenvalue weighted by Gasteiger charge is -2.27. The van der Waals surface area contributed by atoms with E-state index in [2.05, 4.69) is 10.4 Å². The Kier molecular flexibility index (Phi) is 8.58. The van der Waals surface area contributed by atoms with E-state index in [1.54, 1.807) is 48.8 Å². The van der Waals surface area contributed by atoms with Crippen LogP contribution in [-0.4, -0.2) is 61.5 Å². The number of ether oxygens (including phenoxy) is 2. The van der Waals surface area contributed by atoms with Gasteiger partial charge in [-0.15, -0.1) is 11.3 Å². The van der Waals surface area contributed by atoms with Crippen molar-refractivity contribution in [2.75, 3.05) is 39.2 Å². The fourth-order valence-corrected chi connectivity index (χ4v) is 4.76. The SMILES string of the molecule is COCCN(CC(=O)N1N=C(c2cccs2)C[C@@H]1c1ccc(Cl)cc1)C(=O)Nc1ccccc1OC. The summed E-state index contributed by atoms with van der Waals surface area (Å²) < 4.78 is 10.5. The third kappa shape index (κ3) is 6.04. The van der Waals surface area contributed by atoms with E-state index in [4.69, 9.17) is 21.1 Å². The Labute approximate surface area is 219 Å². The van der Waals surface area contributed by atoms with Crippen molar-refractivity contribution in [2.24, 2.45) is 5.10 Å². The van der Waals surface area contributed by atoms with Gasteiger partial charge in [-0.25, -0.2) is 9.80 Å². The van der Waals surface area contributed by atoms with Crippen LogP contribution in [0.3, 0.4) is 0 Å². The lowest BCUT2D eigenvalue weighted by Crippen LogP contribution is -2.44. The molecule has 188 valence electrons. The van der Waals surface area contributed by atoms with Crippen LogP contribution >= 0.6 is 22.9 Å². The van der Waals surface area contributed by atoms with Crippen molar-refractivity contribution in [3.05, 3.63) is 81.5 Å². The lowest BCUT2D eigenvalue weighted by atomic mass is 10.0. The summed E-state index contributed by atoms with van der Waals surface area (Å²) in [5.74, 6) is 0.226. The molecule has 2 heterocycles. The smallest absolute Gasteiger partial charge is 0.322 e. The molecular weight excluding hydrogens is 500 g/mol. The second-order valence-electron chi connectivity index (χ2n) is 8.08. The van der Waals surface area contributed by atoms with Gasteiger partial charge >= 0.3 is 6.03 Å². The summed E-state index contributed by atoms with van der Waals surface area (Å²) in [6.45, 7) is 0.330. The number of methoxy groups -OCH3 is 2. The van der Waals surface area contributed by atoms with Crippen LogP contribution in [0, 0.1) is 0 Å². The highest BCUT2D eigenvalue weighted by atomic mass is 35.5. The molecule has 0 unspecified atom stereocenters. The van der Waals surface area contributed by atoms with Gasteiger partial charge in [0.15, 0.2) is 0 Å². The normalized spacial score (nSPS) is 14.9. The van der Waals surface area contributed by atoms with Crippen LogP contribution in [-0.2, 0) is 9.53 Å². The average Bonchev–Trinajstić information content (AvgIpc) is 3.58. The van der Waals surface area contributed by atoms with Gasteiger partial charge in [-0.2, -0.15) is 5.10 Å². The number of carbonyl (C=O) groups is 2. The molecule has 1 aliphatic rings. The molecule has 3 aromatic rings. The van der Waals surface area contributed by atoms with Gasteiger partial charge in [0, 0.05) is 25.1 Å². The molecule has 8 nitrogen and oxygen atoms in total. The zero-order chi connectivity index (χ0) is 25.5. The van der Waals surface area contributed by atoms with Gasteiger partial charge in [0.25, 0.3) is 5.91 Å². The van der Waals surface area contributed by atoms with Crippen molar-refractivity contribution in [3.63, 3.8) is 0 Å². The van der Waals surface area contributed by atoms with Crippen LogP contribution in [0.2, 0.25) is 5.02 Å². The molecule has 0 aliphatic carbocycles. The van der Waals surface area contributed by atoms with Crippen LogP contribution in [0.5, 0.6) is 5.75 Å². The summed E-state index contributed by atoms with van der Waals surface area (Å²) in [5, 5.41) is 11.6. The van der Waals surface area contributed by atoms with Gasteiger partial charge < -0.3 is 19.7 Å². The molecule has 36 heavy (non-hydrogen) atoms. The van der Waals surface area contributed by atoms with Gasteiger partial charge in [-0.05, 0) is 41.3 Å². The first-order chi connectivity index (χ1) is 17.5. The molecule has 0 fully saturated rings. The number of hydrogen-bond acceptors (Lipinski definition) is 6. The van der Waals surface area contributed by atoms with Crippen LogP contribution in [0.15, 0.2) is 71.1 Å². The number of benzene rings is 2. The molecule has 0 saturated carbocycles. The predicted octanol–water partition coefficient (Wildman–Crippen LogP) is 5.27.